The van der Waals surface area contributed by atoms with Crippen LogP contribution < -0.4 is 10.1 Å². The molecule has 0 bridgehead atoms. The number of amides is 1. The van der Waals surface area contributed by atoms with E-state index < -0.39 is 0 Å². The minimum absolute atomic E-state index is 0.00402. The van der Waals surface area contributed by atoms with Gasteiger partial charge in [0.25, 0.3) is 0 Å². The van der Waals surface area contributed by atoms with Gasteiger partial charge in [0.1, 0.15) is 0 Å². The fourth-order valence-electron chi connectivity index (χ4n) is 2.25. The quantitative estimate of drug-likeness (QED) is 0.890. The summed E-state index contributed by atoms with van der Waals surface area (Å²) in [4.78, 5) is 19.4. The van der Waals surface area contributed by atoms with Gasteiger partial charge in [-0.1, -0.05) is 24.3 Å². The average molecular weight is 299 g/mol. The normalized spacial score (nSPS) is 11.8. The molecule has 0 saturated heterocycles. The number of aromatic nitrogens is 2. The van der Waals surface area contributed by atoms with Crippen molar-refractivity contribution in [2.24, 2.45) is 0 Å². The van der Waals surface area contributed by atoms with E-state index in [1.54, 1.807) is 12.4 Å². The lowest BCUT2D eigenvalue weighted by atomic mass is 10.0. The molecule has 0 aliphatic heterocycles. The first-order valence-electron chi connectivity index (χ1n) is 7.39. The molecule has 1 amide bonds. The van der Waals surface area contributed by atoms with Crippen molar-refractivity contribution in [2.45, 2.75) is 33.2 Å². The Bertz CT molecular complexity index is 609. The number of hydrogen-bond acceptors (Lipinski definition) is 4. The van der Waals surface area contributed by atoms with Gasteiger partial charge in [-0.3, -0.25) is 4.79 Å². The number of carbonyl (C=O) groups is 1. The Labute approximate surface area is 130 Å². The van der Waals surface area contributed by atoms with Crippen LogP contribution >= 0.6 is 0 Å². The second-order valence-corrected chi connectivity index (χ2v) is 5.19. The van der Waals surface area contributed by atoms with Crippen molar-refractivity contribution in [2.75, 3.05) is 6.61 Å². The van der Waals surface area contributed by atoms with Gasteiger partial charge in [0, 0.05) is 30.9 Å². The highest BCUT2D eigenvalue weighted by atomic mass is 16.5. The van der Waals surface area contributed by atoms with Gasteiger partial charge >= 0.3 is 6.01 Å². The second-order valence-electron chi connectivity index (χ2n) is 5.19. The van der Waals surface area contributed by atoms with E-state index in [1.807, 2.05) is 26.0 Å². The van der Waals surface area contributed by atoms with E-state index in [0.717, 1.165) is 17.5 Å². The van der Waals surface area contributed by atoms with Gasteiger partial charge in [-0.15, -0.1) is 0 Å². The molecular weight excluding hydrogens is 278 g/mol. The minimum Gasteiger partial charge on any atom is -0.464 e. The summed E-state index contributed by atoms with van der Waals surface area (Å²) in [6.07, 6.45) is 4.32. The number of rotatable bonds is 6. The highest BCUT2D eigenvalue weighted by molar-refractivity contribution is 5.73. The SMILES string of the molecule is CCOc1ncc(-c2ccc(CC(C)NC(C)=O)cc2)cn1. The lowest BCUT2D eigenvalue weighted by molar-refractivity contribution is -0.119. The molecule has 1 aromatic heterocycles. The third kappa shape index (κ3) is 4.55. The molecule has 1 aromatic carbocycles. The zero-order valence-electron chi connectivity index (χ0n) is 13.2. The molecule has 2 aromatic rings. The van der Waals surface area contributed by atoms with E-state index >= 15 is 0 Å². The summed E-state index contributed by atoms with van der Waals surface area (Å²) in [5, 5.41) is 2.88. The molecule has 0 aliphatic rings. The molecule has 1 heterocycles. The molecule has 2 rings (SSSR count). The number of nitrogens with one attached hydrogen (secondary N) is 1. The average Bonchev–Trinajstić information content (AvgIpc) is 2.48. The van der Waals surface area contributed by atoms with Gasteiger partial charge in [-0.25, -0.2) is 9.97 Å². The lowest BCUT2D eigenvalue weighted by Gasteiger charge is -2.12. The van der Waals surface area contributed by atoms with Crippen LogP contribution in [-0.2, 0) is 11.2 Å². The highest BCUT2D eigenvalue weighted by Crippen LogP contribution is 2.19. The lowest BCUT2D eigenvalue weighted by Crippen LogP contribution is -2.31. The minimum atomic E-state index is -0.00402. The molecule has 5 heteroatoms. The van der Waals surface area contributed by atoms with E-state index in [0.29, 0.717) is 12.6 Å². The largest absolute Gasteiger partial charge is 0.464 e. The Morgan fingerprint density at radius 3 is 2.36 bits per heavy atom. The van der Waals surface area contributed by atoms with Gasteiger partial charge in [0.15, 0.2) is 0 Å². The van der Waals surface area contributed by atoms with Crippen LogP contribution in [0.5, 0.6) is 6.01 Å². The van der Waals surface area contributed by atoms with Gasteiger partial charge in [0.05, 0.1) is 6.61 Å². The monoisotopic (exact) mass is 299 g/mol. The van der Waals surface area contributed by atoms with E-state index in [1.165, 1.54) is 12.5 Å². The zero-order chi connectivity index (χ0) is 15.9. The summed E-state index contributed by atoms with van der Waals surface area (Å²) in [7, 11) is 0. The van der Waals surface area contributed by atoms with Crippen LogP contribution in [0.2, 0.25) is 0 Å². The molecule has 22 heavy (non-hydrogen) atoms. The number of hydrogen-bond donors (Lipinski definition) is 1. The first kappa shape index (κ1) is 15.9. The van der Waals surface area contributed by atoms with Crippen molar-refractivity contribution in [1.29, 1.82) is 0 Å². The highest BCUT2D eigenvalue weighted by Gasteiger charge is 2.06. The van der Waals surface area contributed by atoms with Crippen LogP contribution in [0.15, 0.2) is 36.7 Å². The van der Waals surface area contributed by atoms with Crippen molar-refractivity contribution >= 4 is 5.91 Å². The molecule has 1 N–H and O–H groups in total. The van der Waals surface area contributed by atoms with Crippen molar-refractivity contribution in [3.63, 3.8) is 0 Å². The Balaban J connectivity index is 2.03. The van der Waals surface area contributed by atoms with Crippen LogP contribution in [0.25, 0.3) is 11.1 Å². The molecule has 116 valence electrons. The summed E-state index contributed by atoms with van der Waals surface area (Å²) in [6.45, 7) is 5.99. The topological polar surface area (TPSA) is 64.1 Å². The number of benzene rings is 1. The van der Waals surface area contributed by atoms with E-state index in [2.05, 4.69) is 27.4 Å². The van der Waals surface area contributed by atoms with Crippen LogP contribution in [0.1, 0.15) is 26.3 Å². The van der Waals surface area contributed by atoms with E-state index in [-0.39, 0.29) is 11.9 Å². The maximum atomic E-state index is 11.0. The predicted octanol–water partition coefficient (Wildman–Crippen LogP) is 2.61. The summed E-state index contributed by atoms with van der Waals surface area (Å²) in [5.74, 6) is -0.00402. The van der Waals surface area contributed by atoms with Gasteiger partial charge in [-0.05, 0) is 31.4 Å². The van der Waals surface area contributed by atoms with Crippen LogP contribution in [0.4, 0.5) is 0 Å². The molecular formula is C17H21N3O2. The summed E-state index contributed by atoms with van der Waals surface area (Å²) in [5.41, 5.74) is 3.18. The summed E-state index contributed by atoms with van der Waals surface area (Å²) >= 11 is 0. The van der Waals surface area contributed by atoms with Gasteiger partial charge in [0.2, 0.25) is 5.91 Å². The molecule has 0 aliphatic carbocycles. The molecule has 0 saturated carbocycles. The van der Waals surface area contributed by atoms with Crippen molar-refractivity contribution in [3.8, 4) is 17.1 Å². The first-order valence-corrected chi connectivity index (χ1v) is 7.39. The van der Waals surface area contributed by atoms with Crippen molar-refractivity contribution < 1.29 is 9.53 Å². The van der Waals surface area contributed by atoms with Crippen LogP contribution in [0, 0.1) is 0 Å². The summed E-state index contributed by atoms with van der Waals surface area (Å²) in [6, 6.07) is 8.71. The third-order valence-corrected chi connectivity index (χ3v) is 3.18. The van der Waals surface area contributed by atoms with Crippen molar-refractivity contribution in [3.05, 3.63) is 42.2 Å². The number of carbonyl (C=O) groups excluding carboxylic acids is 1. The van der Waals surface area contributed by atoms with Gasteiger partial charge < -0.3 is 10.1 Å². The van der Waals surface area contributed by atoms with Crippen molar-refractivity contribution in [1.82, 2.24) is 15.3 Å². The molecule has 0 spiro atoms. The first-order chi connectivity index (χ1) is 10.6. The standard InChI is InChI=1S/C17H21N3O2/c1-4-22-17-18-10-16(11-19-17)15-7-5-14(6-8-15)9-12(2)20-13(3)21/h5-8,10-12H,4,9H2,1-3H3,(H,20,21). The maximum Gasteiger partial charge on any atom is 0.316 e. The Hall–Kier alpha value is -2.43. The molecule has 1 unspecified atom stereocenters. The zero-order valence-corrected chi connectivity index (χ0v) is 13.2. The Morgan fingerprint density at radius 1 is 1.18 bits per heavy atom. The fourth-order valence-corrected chi connectivity index (χ4v) is 2.25. The summed E-state index contributed by atoms with van der Waals surface area (Å²) < 4.78 is 5.23. The van der Waals surface area contributed by atoms with Crippen LogP contribution in [0.3, 0.4) is 0 Å². The molecule has 0 fully saturated rings. The molecule has 0 radical (unpaired) electrons. The van der Waals surface area contributed by atoms with Gasteiger partial charge in [-0.2, -0.15) is 0 Å². The Kier molecular flexibility index (Phi) is 5.47. The smallest absolute Gasteiger partial charge is 0.316 e. The van der Waals surface area contributed by atoms with E-state index in [4.69, 9.17) is 4.74 Å². The fraction of sp³-hybridized carbons (Fsp3) is 0.353. The number of nitrogens with zero attached hydrogens (tertiary/aromatic N) is 2. The maximum absolute atomic E-state index is 11.0. The molecule has 1 atom stereocenters. The Morgan fingerprint density at radius 2 is 1.82 bits per heavy atom. The molecule has 5 nitrogen and oxygen atoms in total. The van der Waals surface area contributed by atoms with Crippen LogP contribution in [-0.4, -0.2) is 28.5 Å². The second kappa shape index (κ2) is 7.54. The van der Waals surface area contributed by atoms with E-state index in [9.17, 15) is 4.79 Å². The number of ether oxygens (including phenoxy) is 1. The predicted molar refractivity (Wildman–Crippen MR) is 85.6 cm³/mol. The third-order valence-electron chi connectivity index (χ3n) is 3.18.